The van der Waals surface area contributed by atoms with Crippen LogP contribution in [0.4, 0.5) is 0 Å². The molecule has 0 aliphatic heterocycles. The molecule has 1 heterocycles. The third-order valence-corrected chi connectivity index (χ3v) is 5.10. The summed E-state index contributed by atoms with van der Waals surface area (Å²) in [6, 6.07) is 13.5. The number of nitrogens with one attached hydrogen (secondary N) is 1. The molecule has 2 aromatic carbocycles. The summed E-state index contributed by atoms with van der Waals surface area (Å²) in [5, 5.41) is 16.6. The first kappa shape index (κ1) is 13.4. The Kier molecular flexibility index (Phi) is 3.49. The monoisotopic (exact) mass is 359 g/mol. The highest BCUT2D eigenvalue weighted by molar-refractivity contribution is 9.10. The van der Waals surface area contributed by atoms with Crippen molar-refractivity contribution in [2.75, 3.05) is 0 Å². The first-order valence-electron chi connectivity index (χ1n) is 7.03. The minimum Gasteiger partial charge on any atom is -0.308 e. The molecule has 3 aromatic rings. The molecule has 5 heteroatoms. The molecule has 1 fully saturated rings. The molecule has 1 aliphatic carbocycles. The molecule has 4 rings (SSSR count). The number of hydrogen-bond donors (Lipinski definition) is 1. The van der Waals surface area contributed by atoms with Crippen LogP contribution in [0.15, 0.2) is 40.9 Å². The van der Waals surface area contributed by atoms with Crippen molar-refractivity contribution in [3.05, 3.63) is 45.9 Å². The Balaban J connectivity index is 1.61. The average molecular weight is 360 g/mol. The van der Waals surface area contributed by atoms with Crippen LogP contribution >= 0.6 is 27.3 Å². The summed E-state index contributed by atoms with van der Waals surface area (Å²) < 4.78 is 1.10. The fourth-order valence-electron chi connectivity index (χ4n) is 2.31. The Morgan fingerprint density at radius 2 is 1.90 bits per heavy atom. The first-order valence-corrected chi connectivity index (χ1v) is 8.64. The van der Waals surface area contributed by atoms with E-state index in [-0.39, 0.29) is 0 Å². The van der Waals surface area contributed by atoms with E-state index in [0.717, 1.165) is 26.6 Å². The lowest BCUT2D eigenvalue weighted by Gasteiger charge is -2.01. The van der Waals surface area contributed by atoms with Crippen molar-refractivity contribution in [3.8, 4) is 10.6 Å². The number of fused-ring (bicyclic) bond motifs is 1. The van der Waals surface area contributed by atoms with Crippen LogP contribution in [0.2, 0.25) is 0 Å². The van der Waals surface area contributed by atoms with E-state index >= 15 is 0 Å². The number of benzene rings is 2. The molecule has 3 nitrogen and oxygen atoms in total. The molecule has 106 valence electrons. The Morgan fingerprint density at radius 1 is 1.10 bits per heavy atom. The van der Waals surface area contributed by atoms with Crippen molar-refractivity contribution < 1.29 is 0 Å². The summed E-state index contributed by atoms with van der Waals surface area (Å²) in [7, 11) is 0. The summed E-state index contributed by atoms with van der Waals surface area (Å²) in [5.41, 5.74) is 1.14. The zero-order chi connectivity index (χ0) is 14.2. The molecule has 0 amide bonds. The molecular weight excluding hydrogens is 346 g/mol. The van der Waals surface area contributed by atoms with E-state index < -0.39 is 0 Å². The van der Waals surface area contributed by atoms with Gasteiger partial charge in [-0.15, -0.1) is 10.2 Å². The SMILES string of the molecule is Brc1ccc2cc(-c3nnc(CNC4CC4)s3)ccc2c1. The van der Waals surface area contributed by atoms with Gasteiger partial charge in [-0.25, -0.2) is 0 Å². The van der Waals surface area contributed by atoms with Crippen molar-refractivity contribution in [3.63, 3.8) is 0 Å². The van der Waals surface area contributed by atoms with Crippen LogP contribution in [0.5, 0.6) is 0 Å². The zero-order valence-corrected chi connectivity index (χ0v) is 13.7. The van der Waals surface area contributed by atoms with Gasteiger partial charge in [-0.2, -0.15) is 0 Å². The van der Waals surface area contributed by atoms with Crippen LogP contribution in [-0.4, -0.2) is 16.2 Å². The topological polar surface area (TPSA) is 37.8 Å². The Morgan fingerprint density at radius 3 is 2.76 bits per heavy atom. The van der Waals surface area contributed by atoms with Gasteiger partial charge >= 0.3 is 0 Å². The van der Waals surface area contributed by atoms with Crippen molar-refractivity contribution in [2.45, 2.75) is 25.4 Å². The smallest absolute Gasteiger partial charge is 0.147 e. The van der Waals surface area contributed by atoms with E-state index in [1.807, 2.05) is 0 Å². The Bertz CT molecular complexity index is 795. The Hall–Kier alpha value is -1.30. The molecular formula is C16H14BrN3S. The quantitative estimate of drug-likeness (QED) is 0.751. The van der Waals surface area contributed by atoms with Crippen molar-refractivity contribution >= 4 is 38.0 Å². The van der Waals surface area contributed by atoms with Gasteiger partial charge < -0.3 is 5.32 Å². The third-order valence-electron chi connectivity index (χ3n) is 3.64. The van der Waals surface area contributed by atoms with Crippen LogP contribution in [-0.2, 0) is 6.54 Å². The van der Waals surface area contributed by atoms with Crippen LogP contribution in [0.3, 0.4) is 0 Å². The fourth-order valence-corrected chi connectivity index (χ4v) is 3.48. The van der Waals surface area contributed by atoms with Gasteiger partial charge in [0.2, 0.25) is 0 Å². The summed E-state index contributed by atoms with van der Waals surface area (Å²) in [6.45, 7) is 0.836. The van der Waals surface area contributed by atoms with Crippen molar-refractivity contribution in [1.82, 2.24) is 15.5 Å². The predicted octanol–water partition coefficient (Wildman–Crippen LogP) is 4.37. The maximum Gasteiger partial charge on any atom is 0.147 e. The highest BCUT2D eigenvalue weighted by atomic mass is 79.9. The first-order chi connectivity index (χ1) is 10.3. The van der Waals surface area contributed by atoms with Crippen molar-refractivity contribution in [1.29, 1.82) is 0 Å². The highest BCUT2D eigenvalue weighted by Crippen LogP contribution is 2.29. The van der Waals surface area contributed by atoms with Crippen LogP contribution in [0, 0.1) is 0 Å². The molecule has 0 spiro atoms. The minimum absolute atomic E-state index is 0.705. The number of aromatic nitrogens is 2. The molecule has 1 saturated carbocycles. The van der Waals surface area contributed by atoms with Gasteiger partial charge in [0.15, 0.2) is 0 Å². The highest BCUT2D eigenvalue weighted by Gasteiger charge is 2.20. The summed E-state index contributed by atoms with van der Waals surface area (Å²) in [4.78, 5) is 0. The van der Waals surface area contributed by atoms with E-state index in [1.165, 1.54) is 23.6 Å². The molecule has 1 aromatic heterocycles. The van der Waals surface area contributed by atoms with E-state index in [4.69, 9.17) is 0 Å². The summed E-state index contributed by atoms with van der Waals surface area (Å²) in [5.74, 6) is 0. The van der Waals surface area contributed by atoms with Crippen molar-refractivity contribution in [2.24, 2.45) is 0 Å². The Labute approximate surface area is 135 Å². The second-order valence-electron chi connectivity index (χ2n) is 5.36. The normalized spacial score (nSPS) is 14.7. The molecule has 21 heavy (non-hydrogen) atoms. The molecule has 1 aliphatic rings. The number of halogens is 1. The molecule has 0 saturated heterocycles. The van der Waals surface area contributed by atoms with E-state index in [2.05, 4.69) is 67.8 Å². The average Bonchev–Trinajstić information content (AvgIpc) is 3.21. The van der Waals surface area contributed by atoms with E-state index in [1.54, 1.807) is 11.3 Å². The zero-order valence-electron chi connectivity index (χ0n) is 11.3. The van der Waals surface area contributed by atoms with Gasteiger partial charge in [-0.05, 0) is 41.8 Å². The fraction of sp³-hybridized carbons (Fsp3) is 0.250. The largest absolute Gasteiger partial charge is 0.308 e. The van der Waals surface area contributed by atoms with Crippen LogP contribution in [0.25, 0.3) is 21.3 Å². The summed E-state index contributed by atoms with van der Waals surface area (Å²) in [6.07, 6.45) is 2.60. The second-order valence-corrected chi connectivity index (χ2v) is 7.34. The lowest BCUT2D eigenvalue weighted by atomic mass is 10.1. The lowest BCUT2D eigenvalue weighted by molar-refractivity contribution is 0.679. The van der Waals surface area contributed by atoms with Crippen LogP contribution in [0.1, 0.15) is 17.8 Å². The number of rotatable bonds is 4. The molecule has 0 radical (unpaired) electrons. The predicted molar refractivity (Wildman–Crippen MR) is 90.4 cm³/mol. The molecule has 0 unspecified atom stereocenters. The van der Waals surface area contributed by atoms with Gasteiger partial charge in [0.05, 0.1) is 0 Å². The molecule has 0 atom stereocenters. The lowest BCUT2D eigenvalue weighted by Crippen LogP contribution is -2.14. The number of nitrogens with zero attached hydrogens (tertiary/aromatic N) is 2. The van der Waals surface area contributed by atoms with Gasteiger partial charge in [-0.1, -0.05) is 45.5 Å². The second kappa shape index (κ2) is 5.48. The maximum absolute atomic E-state index is 4.33. The molecule has 1 N–H and O–H groups in total. The van der Waals surface area contributed by atoms with Gasteiger partial charge in [0.25, 0.3) is 0 Å². The summed E-state index contributed by atoms with van der Waals surface area (Å²) >= 11 is 5.18. The van der Waals surface area contributed by atoms with Gasteiger partial charge in [-0.3, -0.25) is 0 Å². The van der Waals surface area contributed by atoms with Gasteiger partial charge in [0.1, 0.15) is 10.0 Å². The minimum atomic E-state index is 0.705. The molecule has 0 bridgehead atoms. The standard InChI is InChI=1S/C16H14BrN3S/c17-13-4-3-10-7-12(2-1-11(10)8-13)16-20-19-15(21-16)9-18-14-5-6-14/h1-4,7-8,14,18H,5-6,9H2. The third kappa shape index (κ3) is 3.00. The van der Waals surface area contributed by atoms with Crippen LogP contribution < -0.4 is 5.32 Å². The van der Waals surface area contributed by atoms with E-state index in [9.17, 15) is 0 Å². The van der Waals surface area contributed by atoms with E-state index in [0.29, 0.717) is 6.04 Å². The maximum atomic E-state index is 4.33. The van der Waals surface area contributed by atoms with Gasteiger partial charge in [0, 0.05) is 22.6 Å². The number of hydrogen-bond acceptors (Lipinski definition) is 4.